The fraction of sp³-hybridized carbons (Fsp3) is 0.147. The third kappa shape index (κ3) is 7.70. The number of furan rings is 1. The molecular weight excluding hydrogens is 504 g/mol. The van der Waals surface area contributed by atoms with Gasteiger partial charge in [0.2, 0.25) is 0 Å². The Morgan fingerprint density at radius 3 is 1.87 bits per heavy atom. The number of nitrogens with one attached hydrogen (secondary N) is 1. The molecule has 5 aromatic rings. The molecule has 4 nitrogen and oxygen atoms in total. The van der Waals surface area contributed by atoms with Crippen molar-refractivity contribution in [1.82, 2.24) is 10.2 Å². The van der Waals surface area contributed by atoms with Crippen molar-refractivity contribution in [2.24, 2.45) is 0 Å². The molecular formula is C34H31ClN2O2. The Labute approximate surface area is 234 Å². The Kier molecular flexibility index (Phi) is 8.90. The van der Waals surface area contributed by atoms with Crippen molar-refractivity contribution in [1.29, 1.82) is 0 Å². The van der Waals surface area contributed by atoms with Crippen molar-refractivity contribution < 1.29 is 9.21 Å². The van der Waals surface area contributed by atoms with Crippen LogP contribution in [-0.2, 0) is 26.1 Å². The second kappa shape index (κ2) is 13.1. The van der Waals surface area contributed by atoms with Gasteiger partial charge in [0.05, 0.1) is 12.6 Å². The smallest absolute Gasteiger partial charge is 0.287 e. The van der Waals surface area contributed by atoms with E-state index in [9.17, 15) is 4.79 Å². The highest BCUT2D eigenvalue weighted by Crippen LogP contribution is 2.21. The lowest BCUT2D eigenvalue weighted by atomic mass is 9.99. The lowest BCUT2D eigenvalue weighted by Gasteiger charge is -2.22. The summed E-state index contributed by atoms with van der Waals surface area (Å²) in [6.45, 7) is 2.04. The first-order valence-electron chi connectivity index (χ1n) is 13.1. The van der Waals surface area contributed by atoms with E-state index in [0.29, 0.717) is 18.7 Å². The predicted molar refractivity (Wildman–Crippen MR) is 156 cm³/mol. The van der Waals surface area contributed by atoms with Gasteiger partial charge in [-0.2, -0.15) is 0 Å². The molecule has 1 unspecified atom stereocenters. The van der Waals surface area contributed by atoms with Crippen LogP contribution in [0.15, 0.2) is 132 Å². The van der Waals surface area contributed by atoms with E-state index in [1.807, 2.05) is 97.1 Å². The highest BCUT2D eigenvalue weighted by Gasteiger charge is 2.20. The summed E-state index contributed by atoms with van der Waals surface area (Å²) in [5.41, 5.74) is 4.58. The fourth-order valence-electron chi connectivity index (χ4n) is 4.68. The number of rotatable bonds is 11. The van der Waals surface area contributed by atoms with Crippen LogP contribution in [0, 0.1) is 0 Å². The van der Waals surface area contributed by atoms with Gasteiger partial charge in [-0.15, -0.1) is 0 Å². The summed E-state index contributed by atoms with van der Waals surface area (Å²) in [6, 6.07) is 42.0. The number of carbonyl (C=O) groups excluding carboxylic acids is 1. The van der Waals surface area contributed by atoms with Crippen LogP contribution >= 0.6 is 11.6 Å². The first-order valence-corrected chi connectivity index (χ1v) is 13.5. The number of nitrogens with zero attached hydrogens (tertiary/aromatic N) is 1. The number of carbonyl (C=O) groups is 1. The molecule has 0 bridgehead atoms. The standard InChI is InChI=1S/C34H31ClN2O2/c35-30-18-16-28(17-19-30)24-37(23-27-12-6-2-7-13-27)25-31-20-21-33(39-31)34(38)36-32(29-14-8-3-9-15-29)22-26-10-4-1-5-11-26/h1-21,32H,22-25H2,(H,36,38). The second-order valence-corrected chi connectivity index (χ2v) is 10.1. The molecule has 0 aliphatic carbocycles. The number of amides is 1. The maximum Gasteiger partial charge on any atom is 0.287 e. The quantitative estimate of drug-likeness (QED) is 0.188. The third-order valence-electron chi connectivity index (χ3n) is 6.62. The first-order chi connectivity index (χ1) is 19.1. The summed E-state index contributed by atoms with van der Waals surface area (Å²) in [4.78, 5) is 15.6. The normalized spacial score (nSPS) is 11.8. The fourth-order valence-corrected chi connectivity index (χ4v) is 4.81. The summed E-state index contributed by atoms with van der Waals surface area (Å²) in [5, 5.41) is 3.91. The van der Waals surface area contributed by atoms with Crippen molar-refractivity contribution in [2.75, 3.05) is 0 Å². The van der Waals surface area contributed by atoms with Gasteiger partial charge in [0.1, 0.15) is 5.76 Å². The van der Waals surface area contributed by atoms with E-state index in [-0.39, 0.29) is 11.9 Å². The van der Waals surface area contributed by atoms with Gasteiger partial charge in [0, 0.05) is 18.1 Å². The third-order valence-corrected chi connectivity index (χ3v) is 6.88. The summed E-state index contributed by atoms with van der Waals surface area (Å²) in [6.07, 6.45) is 0.691. The van der Waals surface area contributed by atoms with Gasteiger partial charge in [-0.25, -0.2) is 0 Å². The van der Waals surface area contributed by atoms with Crippen LogP contribution in [0.5, 0.6) is 0 Å². The molecule has 39 heavy (non-hydrogen) atoms. The van der Waals surface area contributed by atoms with E-state index in [1.54, 1.807) is 6.07 Å². The Morgan fingerprint density at radius 1 is 0.667 bits per heavy atom. The van der Waals surface area contributed by atoms with E-state index >= 15 is 0 Å². The highest BCUT2D eigenvalue weighted by atomic mass is 35.5. The summed E-state index contributed by atoms with van der Waals surface area (Å²) in [7, 11) is 0. The SMILES string of the molecule is O=C(NC(Cc1ccccc1)c1ccccc1)c1ccc(CN(Cc2ccccc2)Cc2ccc(Cl)cc2)o1. The van der Waals surface area contributed by atoms with E-state index < -0.39 is 0 Å². The number of benzene rings is 4. The zero-order valence-corrected chi connectivity index (χ0v) is 22.4. The molecule has 4 aromatic carbocycles. The topological polar surface area (TPSA) is 45.5 Å². The average Bonchev–Trinajstić information content (AvgIpc) is 3.44. The Hall–Kier alpha value is -4.12. The molecule has 1 N–H and O–H groups in total. The molecule has 0 saturated heterocycles. The summed E-state index contributed by atoms with van der Waals surface area (Å²) in [5.74, 6) is 0.827. The Morgan fingerprint density at radius 2 is 1.23 bits per heavy atom. The minimum Gasteiger partial charge on any atom is -0.455 e. The molecule has 1 amide bonds. The molecule has 5 rings (SSSR count). The molecule has 1 atom stereocenters. The molecule has 196 valence electrons. The van der Waals surface area contributed by atoms with Gasteiger partial charge < -0.3 is 9.73 Å². The van der Waals surface area contributed by atoms with Crippen molar-refractivity contribution >= 4 is 17.5 Å². The van der Waals surface area contributed by atoms with Gasteiger partial charge in [0.25, 0.3) is 5.91 Å². The van der Waals surface area contributed by atoms with Crippen molar-refractivity contribution in [3.8, 4) is 0 Å². The molecule has 0 aliphatic rings. The maximum atomic E-state index is 13.3. The van der Waals surface area contributed by atoms with Crippen molar-refractivity contribution in [2.45, 2.75) is 32.1 Å². The lowest BCUT2D eigenvalue weighted by Crippen LogP contribution is -2.29. The number of halogens is 1. The lowest BCUT2D eigenvalue weighted by molar-refractivity contribution is 0.0904. The molecule has 1 aromatic heterocycles. The minimum absolute atomic E-state index is 0.172. The van der Waals surface area contributed by atoms with Gasteiger partial charge >= 0.3 is 0 Å². The summed E-state index contributed by atoms with van der Waals surface area (Å²) >= 11 is 6.09. The number of hydrogen-bond acceptors (Lipinski definition) is 3. The van der Waals surface area contributed by atoms with Crippen LogP contribution in [0.1, 0.15) is 44.6 Å². The van der Waals surface area contributed by atoms with Crippen LogP contribution in [0.25, 0.3) is 0 Å². The van der Waals surface area contributed by atoms with E-state index in [1.165, 1.54) is 5.56 Å². The predicted octanol–water partition coefficient (Wildman–Crippen LogP) is 7.85. The van der Waals surface area contributed by atoms with Crippen LogP contribution in [0.2, 0.25) is 5.02 Å². The van der Waals surface area contributed by atoms with Crippen LogP contribution in [0.3, 0.4) is 0 Å². The van der Waals surface area contributed by atoms with Crippen molar-refractivity contribution in [3.05, 3.63) is 166 Å². The zero-order chi connectivity index (χ0) is 26.9. The average molecular weight is 535 g/mol. The maximum absolute atomic E-state index is 13.3. The largest absolute Gasteiger partial charge is 0.455 e. The van der Waals surface area contributed by atoms with Gasteiger partial charge in [-0.3, -0.25) is 9.69 Å². The molecule has 0 radical (unpaired) electrons. The van der Waals surface area contributed by atoms with Crippen molar-refractivity contribution in [3.63, 3.8) is 0 Å². The molecule has 0 spiro atoms. The van der Waals surface area contributed by atoms with Crippen LogP contribution in [0.4, 0.5) is 0 Å². The molecule has 0 aliphatic heterocycles. The highest BCUT2D eigenvalue weighted by molar-refractivity contribution is 6.30. The van der Waals surface area contributed by atoms with E-state index in [2.05, 4.69) is 34.5 Å². The molecule has 0 fully saturated rings. The summed E-state index contributed by atoms with van der Waals surface area (Å²) < 4.78 is 6.08. The molecule has 1 heterocycles. The van der Waals surface area contributed by atoms with Crippen LogP contribution < -0.4 is 5.32 Å². The first kappa shape index (κ1) is 26.5. The molecule has 5 heteroatoms. The Balaban J connectivity index is 1.30. The van der Waals surface area contributed by atoms with E-state index in [4.69, 9.17) is 16.0 Å². The van der Waals surface area contributed by atoms with Gasteiger partial charge in [-0.1, -0.05) is 115 Å². The Bertz CT molecular complexity index is 1450. The van der Waals surface area contributed by atoms with E-state index in [0.717, 1.165) is 40.6 Å². The number of hydrogen-bond donors (Lipinski definition) is 1. The second-order valence-electron chi connectivity index (χ2n) is 9.65. The minimum atomic E-state index is -0.224. The van der Waals surface area contributed by atoms with Crippen LogP contribution in [-0.4, -0.2) is 10.8 Å². The van der Waals surface area contributed by atoms with Gasteiger partial charge in [-0.05, 0) is 52.9 Å². The monoisotopic (exact) mass is 534 g/mol. The molecule has 0 saturated carbocycles. The zero-order valence-electron chi connectivity index (χ0n) is 21.7. The van der Waals surface area contributed by atoms with Gasteiger partial charge in [0.15, 0.2) is 5.76 Å².